The van der Waals surface area contributed by atoms with E-state index in [1.54, 1.807) is 43.3 Å². The van der Waals surface area contributed by atoms with Gasteiger partial charge in [-0.3, -0.25) is 14.4 Å². The van der Waals surface area contributed by atoms with Crippen molar-refractivity contribution in [1.82, 2.24) is 4.90 Å². The van der Waals surface area contributed by atoms with Crippen molar-refractivity contribution >= 4 is 35.1 Å². The highest BCUT2D eigenvalue weighted by Gasteiger charge is 2.79. The van der Waals surface area contributed by atoms with Crippen molar-refractivity contribution in [3.8, 4) is 0 Å². The third-order valence-corrected chi connectivity index (χ3v) is 8.68. The minimum atomic E-state index is -1.22. The summed E-state index contributed by atoms with van der Waals surface area (Å²) in [7, 11) is 0. The van der Waals surface area contributed by atoms with Gasteiger partial charge in [0, 0.05) is 6.54 Å². The molecule has 2 amide bonds. The van der Waals surface area contributed by atoms with Gasteiger partial charge in [-0.05, 0) is 51.2 Å². The Balaban J connectivity index is 1.78. The summed E-state index contributed by atoms with van der Waals surface area (Å²) >= 11 is 6.48. The topological polar surface area (TPSA) is 96.4 Å². The number of carbonyl (C=O) groups is 3. The molecule has 8 nitrogen and oxygen atoms in total. The summed E-state index contributed by atoms with van der Waals surface area (Å²) in [6, 6.07) is 5.26. The second-order valence-corrected chi connectivity index (χ2v) is 10.8. The molecule has 2 unspecified atom stereocenters. The monoisotopic (exact) mass is 544 g/mol. The van der Waals surface area contributed by atoms with Crippen LogP contribution in [0.2, 0.25) is 5.02 Å². The van der Waals surface area contributed by atoms with Gasteiger partial charge in [0.05, 0.1) is 41.5 Å². The molecule has 1 spiro atoms. The molecular formula is C29H37ClN2O6. The average Bonchev–Trinajstić information content (AvgIpc) is 3.53. The Morgan fingerprint density at radius 2 is 2.05 bits per heavy atom. The van der Waals surface area contributed by atoms with Crippen molar-refractivity contribution in [3.05, 3.63) is 54.6 Å². The Labute approximate surface area is 229 Å². The molecule has 206 valence electrons. The van der Waals surface area contributed by atoms with E-state index >= 15 is 0 Å². The highest BCUT2D eigenvalue weighted by molar-refractivity contribution is 6.34. The molecule has 4 rings (SSSR count). The maximum Gasteiger partial charge on any atom is 0.312 e. The van der Waals surface area contributed by atoms with Gasteiger partial charge >= 0.3 is 5.97 Å². The largest absolute Gasteiger partial charge is 0.465 e. The Morgan fingerprint density at radius 3 is 2.68 bits per heavy atom. The maximum absolute atomic E-state index is 14.4. The molecule has 3 heterocycles. The predicted octanol–water partition coefficient (Wildman–Crippen LogP) is 3.90. The van der Waals surface area contributed by atoms with Crippen LogP contribution in [0.4, 0.5) is 5.69 Å². The molecule has 0 aliphatic carbocycles. The van der Waals surface area contributed by atoms with Gasteiger partial charge in [0.1, 0.15) is 17.6 Å². The molecule has 3 aliphatic heterocycles. The van der Waals surface area contributed by atoms with Crippen LogP contribution in [0.1, 0.15) is 46.0 Å². The average molecular weight is 545 g/mol. The molecule has 6 atom stereocenters. The van der Waals surface area contributed by atoms with E-state index in [9.17, 15) is 19.5 Å². The summed E-state index contributed by atoms with van der Waals surface area (Å²) in [5.74, 6) is -2.96. The first-order chi connectivity index (χ1) is 18.2. The number of para-hydroxylation sites is 1. The second-order valence-electron chi connectivity index (χ2n) is 10.4. The number of aliphatic hydroxyl groups is 1. The number of aliphatic hydroxyl groups excluding tert-OH is 1. The first-order valence-electron chi connectivity index (χ1n) is 13.3. The number of unbranched alkanes of at least 4 members (excludes halogenated alkanes) is 1. The number of amides is 2. The summed E-state index contributed by atoms with van der Waals surface area (Å²) in [5, 5.41) is 10.5. The zero-order valence-electron chi connectivity index (χ0n) is 22.1. The standard InChI is InChI=1S/C29H37ClN2O6/c1-5-8-11-17-37-27(36)23-22-25(34)32(19(4)18-33)24(29(22)15-14-28(23,7-3)38-29)26(35)31(16-6-2)21-13-10-9-12-20(21)30/h5-6,9-10,12-13,19,22-24,33H,1-2,7-8,11,14-18H2,3-4H3/t19-,22+,23+,24?,28-,29?/m1/s1. The number of ether oxygens (including phenoxy) is 2. The molecule has 0 aromatic heterocycles. The number of anilines is 1. The summed E-state index contributed by atoms with van der Waals surface area (Å²) in [6.45, 7) is 11.1. The molecule has 3 aliphatic rings. The maximum atomic E-state index is 14.4. The number of benzene rings is 1. The Morgan fingerprint density at radius 1 is 1.32 bits per heavy atom. The van der Waals surface area contributed by atoms with Crippen LogP contribution in [0.25, 0.3) is 0 Å². The first kappa shape index (κ1) is 28.3. The third-order valence-electron chi connectivity index (χ3n) is 8.36. The van der Waals surface area contributed by atoms with Gasteiger partial charge in [-0.25, -0.2) is 0 Å². The van der Waals surface area contributed by atoms with Crippen LogP contribution in [0.5, 0.6) is 0 Å². The van der Waals surface area contributed by atoms with E-state index in [0.717, 1.165) is 0 Å². The quantitative estimate of drug-likeness (QED) is 0.243. The SMILES string of the molecule is C=CCCCOC(=O)[C@@H]1[C@H]2C(=O)N([C@H](C)CO)C(C(=O)N(CC=C)c3ccccc3Cl)C23CC[C@@]1(CC)O3. The molecule has 1 N–H and O–H groups in total. The zero-order valence-corrected chi connectivity index (χ0v) is 22.9. The van der Waals surface area contributed by atoms with Crippen molar-refractivity contribution in [2.45, 2.75) is 69.2 Å². The van der Waals surface area contributed by atoms with E-state index in [0.29, 0.717) is 42.8 Å². The normalized spacial score (nSPS) is 30.2. The number of carbonyl (C=O) groups excluding carboxylic acids is 3. The van der Waals surface area contributed by atoms with E-state index in [1.165, 1.54) is 9.80 Å². The van der Waals surface area contributed by atoms with Gasteiger partial charge in [-0.15, -0.1) is 13.2 Å². The van der Waals surface area contributed by atoms with Gasteiger partial charge in [-0.1, -0.05) is 42.8 Å². The van der Waals surface area contributed by atoms with Gasteiger partial charge in [0.2, 0.25) is 5.91 Å². The molecular weight excluding hydrogens is 508 g/mol. The second kappa shape index (κ2) is 11.2. The van der Waals surface area contributed by atoms with Crippen molar-refractivity contribution in [3.63, 3.8) is 0 Å². The lowest BCUT2D eigenvalue weighted by Crippen LogP contribution is -2.58. The molecule has 0 radical (unpaired) electrons. The molecule has 9 heteroatoms. The van der Waals surface area contributed by atoms with E-state index < -0.39 is 41.1 Å². The van der Waals surface area contributed by atoms with Crippen LogP contribution >= 0.6 is 11.6 Å². The first-order valence-corrected chi connectivity index (χ1v) is 13.7. The van der Waals surface area contributed by atoms with Gasteiger partial charge < -0.3 is 24.4 Å². The predicted molar refractivity (Wildman–Crippen MR) is 145 cm³/mol. The number of halogens is 1. The number of esters is 1. The van der Waals surface area contributed by atoms with Gasteiger partial charge in [0.25, 0.3) is 5.91 Å². The Hall–Kier alpha value is -2.68. The number of rotatable bonds is 12. The molecule has 0 saturated carbocycles. The van der Waals surface area contributed by atoms with Crippen LogP contribution in [0.3, 0.4) is 0 Å². The highest BCUT2D eigenvalue weighted by atomic mass is 35.5. The van der Waals surface area contributed by atoms with Crippen molar-refractivity contribution in [2.75, 3.05) is 24.7 Å². The number of hydrogen-bond acceptors (Lipinski definition) is 6. The van der Waals surface area contributed by atoms with E-state index in [4.69, 9.17) is 21.1 Å². The van der Waals surface area contributed by atoms with Crippen molar-refractivity contribution in [2.24, 2.45) is 11.8 Å². The molecule has 38 heavy (non-hydrogen) atoms. The van der Waals surface area contributed by atoms with Crippen LogP contribution in [0, 0.1) is 11.8 Å². The Kier molecular flexibility index (Phi) is 8.35. The fourth-order valence-electron chi connectivity index (χ4n) is 6.60. The lowest BCUT2D eigenvalue weighted by Gasteiger charge is -2.38. The molecule has 1 aromatic carbocycles. The highest BCUT2D eigenvalue weighted by Crippen LogP contribution is 2.65. The van der Waals surface area contributed by atoms with Crippen LogP contribution < -0.4 is 4.90 Å². The summed E-state index contributed by atoms with van der Waals surface area (Å²) in [4.78, 5) is 45.0. The minimum Gasteiger partial charge on any atom is -0.465 e. The Bertz CT molecular complexity index is 1110. The summed E-state index contributed by atoms with van der Waals surface area (Å²) in [6.07, 6.45) is 6.16. The number of allylic oxidation sites excluding steroid dienone is 1. The van der Waals surface area contributed by atoms with Crippen molar-refractivity contribution in [1.29, 1.82) is 0 Å². The van der Waals surface area contributed by atoms with Crippen LogP contribution in [-0.2, 0) is 23.9 Å². The number of fused-ring (bicyclic) bond motifs is 1. The van der Waals surface area contributed by atoms with Crippen LogP contribution in [0.15, 0.2) is 49.6 Å². The summed E-state index contributed by atoms with van der Waals surface area (Å²) in [5.41, 5.74) is -1.63. The fourth-order valence-corrected chi connectivity index (χ4v) is 6.84. The molecule has 1 aromatic rings. The van der Waals surface area contributed by atoms with E-state index in [1.807, 2.05) is 6.92 Å². The van der Waals surface area contributed by atoms with Gasteiger partial charge in [0.15, 0.2) is 0 Å². The lowest BCUT2D eigenvalue weighted by atomic mass is 9.65. The van der Waals surface area contributed by atoms with E-state index in [-0.39, 0.29) is 31.6 Å². The number of nitrogens with zero attached hydrogens (tertiary/aromatic N) is 2. The lowest BCUT2D eigenvalue weighted by molar-refractivity contribution is -0.162. The number of hydrogen-bond donors (Lipinski definition) is 1. The van der Waals surface area contributed by atoms with Gasteiger partial charge in [-0.2, -0.15) is 0 Å². The third kappa shape index (κ3) is 4.36. The smallest absolute Gasteiger partial charge is 0.312 e. The van der Waals surface area contributed by atoms with E-state index in [2.05, 4.69) is 13.2 Å². The zero-order chi connectivity index (χ0) is 27.7. The molecule has 3 fully saturated rings. The van der Waals surface area contributed by atoms with Crippen molar-refractivity contribution < 1.29 is 29.0 Å². The fraction of sp³-hybridized carbons (Fsp3) is 0.552. The summed E-state index contributed by atoms with van der Waals surface area (Å²) < 4.78 is 12.4. The number of likely N-dealkylation sites (tertiary alicyclic amines) is 1. The minimum absolute atomic E-state index is 0.156. The molecule has 2 bridgehead atoms. The van der Waals surface area contributed by atoms with Crippen LogP contribution in [-0.4, -0.2) is 70.8 Å². The molecule has 3 saturated heterocycles.